The van der Waals surface area contributed by atoms with Crippen LogP contribution >= 0.6 is 43.0 Å². The summed E-state index contributed by atoms with van der Waals surface area (Å²) in [6.45, 7) is 0. The summed E-state index contributed by atoms with van der Waals surface area (Å²) in [6, 6.07) is 42.5. The molecule has 35 heavy (non-hydrogen) atoms. The minimum atomic E-state index is -2.29. The van der Waals surface area contributed by atoms with Crippen LogP contribution in [0.25, 0.3) is 12.2 Å². The molecule has 0 aliphatic rings. The van der Waals surface area contributed by atoms with E-state index in [1.165, 1.54) is 15.9 Å². The summed E-state index contributed by atoms with van der Waals surface area (Å²) < 4.78 is 6.35. The molecule has 5 heteroatoms. The van der Waals surface area contributed by atoms with Gasteiger partial charge in [0, 0.05) is 6.08 Å². The molecular formula is C30H26INOPS+. The van der Waals surface area contributed by atoms with Crippen molar-refractivity contribution in [1.82, 2.24) is 4.98 Å². The molecule has 1 aromatic heterocycles. The van der Waals surface area contributed by atoms with Gasteiger partial charge in [-0.05, 0) is 54.3 Å². The Balaban J connectivity index is 0.00000289. The van der Waals surface area contributed by atoms with Crippen LogP contribution in [0.5, 0.6) is 0 Å². The zero-order chi connectivity index (χ0) is 23.2. The van der Waals surface area contributed by atoms with E-state index in [-0.39, 0.29) is 24.0 Å². The number of rotatable bonds is 7. The molecule has 0 saturated carbocycles. The normalized spacial score (nSPS) is 11.3. The van der Waals surface area contributed by atoms with Crippen molar-refractivity contribution >= 4 is 76.5 Å². The van der Waals surface area contributed by atoms with Crippen molar-refractivity contribution in [3.63, 3.8) is 0 Å². The number of oxazole rings is 1. The molecule has 0 N–H and O–H groups in total. The van der Waals surface area contributed by atoms with Gasteiger partial charge in [0.25, 0.3) is 5.44 Å². The van der Waals surface area contributed by atoms with Crippen LogP contribution in [0.15, 0.2) is 131 Å². The van der Waals surface area contributed by atoms with Crippen molar-refractivity contribution < 1.29 is 4.42 Å². The number of thioether (sulfide) groups is 1. The zero-order valence-corrected chi connectivity index (χ0v) is 23.4. The summed E-state index contributed by atoms with van der Waals surface area (Å²) in [5.41, 5.74) is 2.12. The van der Waals surface area contributed by atoms with Gasteiger partial charge >= 0.3 is 0 Å². The molecule has 0 saturated heterocycles. The minimum absolute atomic E-state index is 0. The number of hydrogen-bond donors (Lipinski definition) is 0. The fourth-order valence-electron chi connectivity index (χ4n) is 4.23. The van der Waals surface area contributed by atoms with E-state index < -0.39 is 7.26 Å². The lowest BCUT2D eigenvalue weighted by Gasteiger charge is -2.25. The molecule has 5 rings (SSSR count). The second-order valence-corrected chi connectivity index (χ2v) is 11.9. The lowest BCUT2D eigenvalue weighted by molar-refractivity contribution is 0.464. The summed E-state index contributed by atoms with van der Waals surface area (Å²) in [5, 5.41) is 4.64. The Hall–Kier alpha value is -2.66. The highest BCUT2D eigenvalue weighted by Crippen LogP contribution is 2.55. The highest BCUT2D eigenvalue weighted by Gasteiger charge is 2.52. The van der Waals surface area contributed by atoms with Gasteiger partial charge in [0.1, 0.15) is 15.9 Å². The van der Waals surface area contributed by atoms with Crippen LogP contribution in [0, 0.1) is 0 Å². The molecule has 1 heterocycles. The maximum absolute atomic E-state index is 6.35. The average molecular weight is 606 g/mol. The Morgan fingerprint density at radius 1 is 0.629 bits per heavy atom. The first-order valence-electron chi connectivity index (χ1n) is 11.2. The van der Waals surface area contributed by atoms with E-state index in [0.29, 0.717) is 5.89 Å². The summed E-state index contributed by atoms with van der Waals surface area (Å²) >= 11 is 1.61. The van der Waals surface area contributed by atoms with Gasteiger partial charge in [-0.25, -0.2) is 0 Å². The molecule has 0 amide bonds. The van der Waals surface area contributed by atoms with Gasteiger partial charge in [-0.1, -0.05) is 96.7 Å². The first-order chi connectivity index (χ1) is 16.8. The number of halogens is 1. The van der Waals surface area contributed by atoms with E-state index in [1.807, 2.05) is 30.4 Å². The van der Waals surface area contributed by atoms with Crippen molar-refractivity contribution in [2.24, 2.45) is 0 Å². The molecule has 5 aromatic rings. The maximum atomic E-state index is 6.35. The lowest BCUT2D eigenvalue weighted by atomic mass is 10.2. The predicted octanol–water partition coefficient (Wildman–Crippen LogP) is 6.80. The van der Waals surface area contributed by atoms with E-state index in [1.54, 1.807) is 11.8 Å². The number of hydrogen-bond acceptors (Lipinski definition) is 3. The molecular weight excluding hydrogens is 580 g/mol. The van der Waals surface area contributed by atoms with Gasteiger partial charge in [-0.15, -0.1) is 24.0 Å². The highest BCUT2D eigenvalue weighted by molar-refractivity contribution is 14.0. The van der Waals surface area contributed by atoms with E-state index in [4.69, 9.17) is 9.40 Å². The maximum Gasteiger partial charge on any atom is 0.251 e. The van der Waals surface area contributed by atoms with Crippen LogP contribution in [0.2, 0.25) is 0 Å². The molecule has 4 aromatic carbocycles. The van der Waals surface area contributed by atoms with Crippen molar-refractivity contribution in [1.29, 1.82) is 0 Å². The van der Waals surface area contributed by atoms with Crippen LogP contribution in [0.3, 0.4) is 0 Å². The van der Waals surface area contributed by atoms with E-state index >= 15 is 0 Å². The third kappa shape index (κ3) is 5.16. The molecule has 0 fully saturated rings. The molecule has 0 unspecified atom stereocenters. The van der Waals surface area contributed by atoms with Crippen molar-refractivity contribution in [3.05, 3.63) is 133 Å². The van der Waals surface area contributed by atoms with Gasteiger partial charge in [-0.2, -0.15) is 4.98 Å². The van der Waals surface area contributed by atoms with E-state index in [0.717, 1.165) is 16.1 Å². The molecule has 174 valence electrons. The molecule has 0 bridgehead atoms. The fraction of sp³-hybridized carbons (Fsp3) is 0.0333. The Kier molecular flexibility index (Phi) is 8.61. The van der Waals surface area contributed by atoms with Crippen LogP contribution in [-0.4, -0.2) is 11.2 Å². The lowest BCUT2D eigenvalue weighted by Crippen LogP contribution is -2.40. The summed E-state index contributed by atoms with van der Waals surface area (Å²) in [5.74, 6) is 0.621. The zero-order valence-electron chi connectivity index (χ0n) is 19.3. The van der Waals surface area contributed by atoms with Crippen LogP contribution < -0.4 is 21.3 Å². The van der Waals surface area contributed by atoms with Gasteiger partial charge < -0.3 is 4.42 Å². The molecule has 0 radical (unpaired) electrons. The number of aromatic nitrogens is 1. The number of nitrogens with zero attached hydrogens (tertiary/aromatic N) is 1. The predicted molar refractivity (Wildman–Crippen MR) is 164 cm³/mol. The Labute approximate surface area is 228 Å². The van der Waals surface area contributed by atoms with Gasteiger partial charge in [0.05, 0.1) is 0 Å². The smallest absolute Gasteiger partial charge is 0.251 e. The monoisotopic (exact) mass is 606 g/mol. The van der Waals surface area contributed by atoms with E-state index in [9.17, 15) is 0 Å². The highest BCUT2D eigenvalue weighted by atomic mass is 127. The molecule has 0 aliphatic carbocycles. The Morgan fingerprint density at radius 3 is 1.49 bits per heavy atom. The largest absolute Gasteiger partial charge is 0.426 e. The van der Waals surface area contributed by atoms with Gasteiger partial charge in [0.2, 0.25) is 11.0 Å². The van der Waals surface area contributed by atoms with Gasteiger partial charge in [-0.3, -0.25) is 0 Å². The first-order valence-corrected chi connectivity index (χ1v) is 14.2. The van der Waals surface area contributed by atoms with Gasteiger partial charge in [0.15, 0.2) is 7.26 Å². The quantitative estimate of drug-likeness (QED) is 0.116. The van der Waals surface area contributed by atoms with Crippen LogP contribution in [-0.2, 0) is 0 Å². The van der Waals surface area contributed by atoms with Crippen molar-refractivity contribution in [2.75, 3.05) is 6.26 Å². The summed E-state index contributed by atoms with van der Waals surface area (Å²) in [6.07, 6.45) is 6.08. The van der Waals surface area contributed by atoms with Crippen LogP contribution in [0.4, 0.5) is 0 Å². The summed E-state index contributed by atoms with van der Waals surface area (Å²) in [7, 11) is -2.29. The van der Waals surface area contributed by atoms with E-state index in [2.05, 4.69) is 109 Å². The fourth-order valence-corrected chi connectivity index (χ4v) is 9.37. The molecule has 0 atom stereocenters. The second-order valence-electron chi connectivity index (χ2n) is 7.79. The van der Waals surface area contributed by atoms with Crippen molar-refractivity contribution in [3.8, 4) is 0 Å². The molecule has 2 nitrogen and oxygen atoms in total. The SMILES string of the molecule is CSc1oc(C=Cc2ccccc2)nc1[P+](c1ccccc1)(c1ccccc1)c1ccccc1.I. The second kappa shape index (κ2) is 11.9. The molecule has 0 spiro atoms. The number of benzene rings is 4. The molecule has 0 aliphatic heterocycles. The summed E-state index contributed by atoms with van der Waals surface area (Å²) in [4.78, 5) is 5.17. The topological polar surface area (TPSA) is 26.0 Å². The third-order valence-electron chi connectivity index (χ3n) is 5.75. The Bertz CT molecular complexity index is 1280. The third-order valence-corrected chi connectivity index (χ3v) is 10.7. The minimum Gasteiger partial charge on any atom is -0.426 e. The van der Waals surface area contributed by atoms with Crippen LogP contribution in [0.1, 0.15) is 11.5 Å². The van der Waals surface area contributed by atoms with Crippen molar-refractivity contribution in [2.45, 2.75) is 5.09 Å². The average Bonchev–Trinajstić information content (AvgIpc) is 3.34. The standard InChI is InChI=1S/C30H25NOPS.HI/c1-34-30-29(31-28(32-30)23-22-24-14-6-2-7-15-24)33(25-16-8-3-9-17-25,26-18-10-4-11-19-26)27-20-12-5-13-21-27;/h2-23H,1H3;1H/q+1;. The Morgan fingerprint density at radius 2 is 1.06 bits per heavy atom. The first kappa shape index (κ1) is 25.4.